The predicted octanol–water partition coefficient (Wildman–Crippen LogP) is 3.53. The first-order chi connectivity index (χ1) is 12.7. The normalized spacial score (nSPS) is 10.1. The lowest BCUT2D eigenvalue weighted by Crippen LogP contribution is -2.25. The maximum atomic E-state index is 12.4. The lowest BCUT2D eigenvalue weighted by atomic mass is 10.2. The van der Waals surface area contributed by atoms with Crippen LogP contribution in [0.4, 0.5) is 0 Å². The molecule has 3 rings (SSSR count). The Morgan fingerprint density at radius 3 is 2.71 bits per heavy atom. The van der Waals surface area contributed by atoms with Crippen LogP contribution in [0, 0.1) is 6.92 Å². The zero-order valence-electron chi connectivity index (χ0n) is 15.8. The smallest absolute Gasteiger partial charge is 0.255 e. The first-order valence-corrected chi connectivity index (χ1v) is 8.82. The Bertz CT molecular complexity index is 899. The number of carbonyl (C=O) groups excluding carboxylic acids is 1. The van der Waals surface area contributed by atoms with Crippen molar-refractivity contribution in [2.24, 2.45) is 5.73 Å². The summed E-state index contributed by atoms with van der Waals surface area (Å²) in [5.74, 6) is 0.418. The number of nitrogens with one attached hydrogen (secondary N) is 1. The Labute approximate surface area is 177 Å². The number of hydrogen-bond acceptors (Lipinski definition) is 4. The van der Waals surface area contributed by atoms with Gasteiger partial charge in [-0.3, -0.25) is 4.79 Å². The Hall–Kier alpha value is -2.28. The summed E-state index contributed by atoms with van der Waals surface area (Å²) in [4.78, 5) is 17.0. The van der Waals surface area contributed by atoms with Crippen molar-refractivity contribution in [1.82, 2.24) is 14.7 Å². The topological polar surface area (TPSA) is 81.7 Å². The third kappa shape index (κ3) is 5.86. The van der Waals surface area contributed by atoms with E-state index in [1.807, 2.05) is 48.0 Å². The van der Waals surface area contributed by atoms with E-state index < -0.39 is 0 Å². The Morgan fingerprint density at radius 1 is 1.18 bits per heavy atom. The number of aromatic nitrogens is 2. The van der Waals surface area contributed by atoms with Crippen molar-refractivity contribution in [2.75, 3.05) is 13.1 Å². The number of nitrogens with zero attached hydrogens (tertiary/aromatic N) is 2. The first-order valence-electron chi connectivity index (χ1n) is 8.82. The van der Waals surface area contributed by atoms with Gasteiger partial charge in [-0.15, -0.1) is 24.8 Å². The molecule has 0 saturated heterocycles. The van der Waals surface area contributed by atoms with E-state index in [0.29, 0.717) is 31.0 Å². The number of aryl methyl sites for hydroxylation is 1. The molecular formula is C20H26Cl2N4O2. The van der Waals surface area contributed by atoms with Crippen LogP contribution in [0.5, 0.6) is 5.75 Å². The van der Waals surface area contributed by atoms with Crippen LogP contribution in [0.15, 0.2) is 48.8 Å². The molecule has 1 aromatic carbocycles. The molecule has 0 fully saturated rings. The Kier molecular flexibility index (Phi) is 9.79. The molecule has 0 aliphatic heterocycles. The molecule has 2 aromatic heterocycles. The molecule has 1 amide bonds. The maximum absolute atomic E-state index is 12.4. The summed E-state index contributed by atoms with van der Waals surface area (Å²) in [7, 11) is 0. The summed E-state index contributed by atoms with van der Waals surface area (Å²) in [6, 6.07) is 11.3. The van der Waals surface area contributed by atoms with Gasteiger partial charge in [-0.05, 0) is 50.1 Å². The molecule has 0 aliphatic rings. The number of pyridine rings is 1. The third-order valence-corrected chi connectivity index (χ3v) is 4.15. The molecule has 0 bridgehead atoms. The van der Waals surface area contributed by atoms with Gasteiger partial charge >= 0.3 is 0 Å². The van der Waals surface area contributed by atoms with Gasteiger partial charge < -0.3 is 20.2 Å². The number of hydrogen-bond donors (Lipinski definition) is 2. The first kappa shape index (κ1) is 23.8. The van der Waals surface area contributed by atoms with Crippen LogP contribution in [0.2, 0.25) is 0 Å². The van der Waals surface area contributed by atoms with Crippen LogP contribution in [0.25, 0.3) is 5.65 Å². The molecule has 0 atom stereocenters. The molecule has 6 nitrogen and oxygen atoms in total. The van der Waals surface area contributed by atoms with Gasteiger partial charge in [-0.2, -0.15) is 0 Å². The van der Waals surface area contributed by atoms with Crippen molar-refractivity contribution >= 4 is 36.4 Å². The monoisotopic (exact) mass is 424 g/mol. The summed E-state index contributed by atoms with van der Waals surface area (Å²) in [6.45, 7) is 3.57. The third-order valence-electron chi connectivity index (χ3n) is 4.15. The van der Waals surface area contributed by atoms with E-state index >= 15 is 0 Å². The minimum atomic E-state index is -0.136. The minimum Gasteiger partial charge on any atom is -0.486 e. The van der Waals surface area contributed by atoms with E-state index in [1.54, 1.807) is 12.1 Å². The largest absolute Gasteiger partial charge is 0.486 e. The van der Waals surface area contributed by atoms with E-state index in [2.05, 4.69) is 10.3 Å². The molecule has 3 N–H and O–H groups in total. The number of para-hydroxylation sites is 1. The number of benzene rings is 1. The molecule has 28 heavy (non-hydrogen) atoms. The minimum absolute atomic E-state index is 0. The molecule has 0 spiro atoms. The van der Waals surface area contributed by atoms with Crippen molar-refractivity contribution < 1.29 is 9.53 Å². The lowest BCUT2D eigenvalue weighted by molar-refractivity contribution is 0.0948. The van der Waals surface area contributed by atoms with Gasteiger partial charge in [0.15, 0.2) is 0 Å². The molecule has 0 radical (unpaired) electrons. The van der Waals surface area contributed by atoms with Crippen LogP contribution < -0.4 is 15.8 Å². The van der Waals surface area contributed by atoms with Crippen LogP contribution >= 0.6 is 24.8 Å². The van der Waals surface area contributed by atoms with E-state index in [9.17, 15) is 4.79 Å². The molecular weight excluding hydrogens is 399 g/mol. The molecule has 0 saturated carbocycles. The number of unbranched alkanes of at least 4 members (excludes halogenated alkanes) is 1. The number of amides is 1. The second-order valence-electron chi connectivity index (χ2n) is 6.19. The summed E-state index contributed by atoms with van der Waals surface area (Å²) in [5.41, 5.74) is 8.84. The molecule has 8 heteroatoms. The quantitative estimate of drug-likeness (QED) is 0.541. The fourth-order valence-corrected chi connectivity index (χ4v) is 2.77. The fourth-order valence-electron chi connectivity index (χ4n) is 2.77. The van der Waals surface area contributed by atoms with Crippen molar-refractivity contribution in [3.63, 3.8) is 0 Å². The predicted molar refractivity (Wildman–Crippen MR) is 116 cm³/mol. The van der Waals surface area contributed by atoms with Crippen molar-refractivity contribution in [2.45, 2.75) is 26.4 Å². The van der Waals surface area contributed by atoms with E-state index in [1.165, 1.54) is 0 Å². The number of carbonyl (C=O) groups is 1. The highest BCUT2D eigenvalue weighted by Crippen LogP contribution is 2.20. The van der Waals surface area contributed by atoms with Crippen molar-refractivity contribution in [3.8, 4) is 5.75 Å². The van der Waals surface area contributed by atoms with E-state index in [0.717, 1.165) is 29.7 Å². The summed E-state index contributed by atoms with van der Waals surface area (Å²) in [6.07, 6.45) is 5.66. The SMILES string of the molecule is Cc1cccn2cc(COc3ccccc3C(=O)NCCCCN)nc12.Cl.Cl. The van der Waals surface area contributed by atoms with Crippen molar-refractivity contribution in [1.29, 1.82) is 0 Å². The molecule has 0 aliphatic carbocycles. The second-order valence-corrected chi connectivity index (χ2v) is 6.19. The summed E-state index contributed by atoms with van der Waals surface area (Å²) < 4.78 is 7.86. The molecule has 3 aromatic rings. The average Bonchev–Trinajstić information content (AvgIpc) is 3.08. The number of imidazole rings is 1. The fraction of sp³-hybridized carbons (Fsp3) is 0.300. The highest BCUT2D eigenvalue weighted by atomic mass is 35.5. The lowest BCUT2D eigenvalue weighted by Gasteiger charge is -2.11. The summed E-state index contributed by atoms with van der Waals surface area (Å²) >= 11 is 0. The van der Waals surface area contributed by atoms with Gasteiger partial charge in [-0.1, -0.05) is 18.2 Å². The number of fused-ring (bicyclic) bond motifs is 1. The van der Waals surface area contributed by atoms with Gasteiger partial charge in [0, 0.05) is 18.9 Å². The van der Waals surface area contributed by atoms with E-state index in [-0.39, 0.29) is 30.7 Å². The van der Waals surface area contributed by atoms with Gasteiger partial charge in [-0.25, -0.2) is 4.98 Å². The standard InChI is InChI=1S/C20H24N4O2.2ClH/c1-15-7-6-12-24-13-16(23-19(15)24)14-26-18-9-3-2-8-17(18)20(25)22-11-5-4-10-21;;/h2-3,6-9,12-13H,4-5,10-11,14,21H2,1H3,(H,22,25);2*1H. The number of ether oxygens (including phenoxy) is 1. The number of nitrogens with two attached hydrogens (primary N) is 1. The van der Waals surface area contributed by atoms with E-state index in [4.69, 9.17) is 10.5 Å². The molecule has 2 heterocycles. The van der Waals surface area contributed by atoms with Gasteiger partial charge in [0.05, 0.1) is 11.3 Å². The maximum Gasteiger partial charge on any atom is 0.255 e. The highest BCUT2D eigenvalue weighted by molar-refractivity contribution is 5.96. The average molecular weight is 425 g/mol. The van der Waals surface area contributed by atoms with Crippen LogP contribution in [-0.2, 0) is 6.61 Å². The Morgan fingerprint density at radius 2 is 1.96 bits per heavy atom. The van der Waals surface area contributed by atoms with Crippen LogP contribution in [-0.4, -0.2) is 28.4 Å². The number of rotatable bonds is 8. The van der Waals surface area contributed by atoms with Crippen molar-refractivity contribution in [3.05, 3.63) is 65.6 Å². The molecule has 0 unspecified atom stereocenters. The zero-order valence-corrected chi connectivity index (χ0v) is 17.4. The zero-order chi connectivity index (χ0) is 18.4. The summed E-state index contributed by atoms with van der Waals surface area (Å²) in [5, 5.41) is 2.91. The van der Waals surface area contributed by atoms with Gasteiger partial charge in [0.25, 0.3) is 5.91 Å². The van der Waals surface area contributed by atoms with Crippen LogP contribution in [0.3, 0.4) is 0 Å². The van der Waals surface area contributed by atoms with Gasteiger partial charge in [0.2, 0.25) is 0 Å². The highest BCUT2D eigenvalue weighted by Gasteiger charge is 2.12. The second kappa shape index (κ2) is 11.5. The number of halogens is 2. The van der Waals surface area contributed by atoms with Gasteiger partial charge in [0.1, 0.15) is 18.0 Å². The Balaban J connectivity index is 0.00000196. The van der Waals surface area contributed by atoms with Crippen LogP contribution in [0.1, 0.15) is 34.5 Å². The molecule has 152 valence electrons.